The van der Waals surface area contributed by atoms with Gasteiger partial charge in [0, 0.05) is 11.6 Å². The molecule has 5 heteroatoms. The van der Waals surface area contributed by atoms with Crippen LogP contribution in [0.2, 0.25) is 0 Å². The van der Waals surface area contributed by atoms with Gasteiger partial charge in [0.1, 0.15) is 0 Å². The molecule has 4 nitrogen and oxygen atoms in total. The van der Waals surface area contributed by atoms with Crippen molar-refractivity contribution < 1.29 is 8.42 Å². The zero-order valence-electron chi connectivity index (χ0n) is 10.6. The Hall–Kier alpha value is -0.130. The third-order valence-corrected chi connectivity index (χ3v) is 6.12. The van der Waals surface area contributed by atoms with E-state index in [1.54, 1.807) is 0 Å². The highest BCUT2D eigenvalue weighted by molar-refractivity contribution is 7.91. The molecule has 1 aliphatic carbocycles. The fourth-order valence-electron chi connectivity index (χ4n) is 2.93. The molecule has 0 radical (unpaired) electrons. The van der Waals surface area contributed by atoms with Gasteiger partial charge in [-0.25, -0.2) is 8.42 Å². The Kier molecular flexibility index (Phi) is 3.80. The van der Waals surface area contributed by atoms with Gasteiger partial charge in [-0.2, -0.15) is 0 Å². The van der Waals surface area contributed by atoms with E-state index in [1.165, 1.54) is 12.8 Å². The SMILES string of the molecule is CC1(NCC2CCC(N)CC2)CCS(=O)(=O)C1. The van der Waals surface area contributed by atoms with Gasteiger partial charge >= 0.3 is 0 Å². The van der Waals surface area contributed by atoms with Crippen molar-refractivity contribution in [1.82, 2.24) is 5.32 Å². The number of sulfone groups is 1. The number of hydrogen-bond donors (Lipinski definition) is 2. The molecule has 0 aromatic carbocycles. The summed E-state index contributed by atoms with van der Waals surface area (Å²) >= 11 is 0. The van der Waals surface area contributed by atoms with Crippen LogP contribution < -0.4 is 11.1 Å². The van der Waals surface area contributed by atoms with Crippen LogP contribution in [0, 0.1) is 5.92 Å². The van der Waals surface area contributed by atoms with Crippen molar-refractivity contribution in [3.63, 3.8) is 0 Å². The van der Waals surface area contributed by atoms with Crippen LogP contribution in [0.25, 0.3) is 0 Å². The van der Waals surface area contributed by atoms with Crippen molar-refractivity contribution in [3.8, 4) is 0 Å². The Balaban J connectivity index is 1.79. The topological polar surface area (TPSA) is 72.2 Å². The third-order valence-electron chi connectivity index (χ3n) is 4.21. The average molecular weight is 260 g/mol. The molecule has 2 aliphatic rings. The van der Waals surface area contributed by atoms with Crippen molar-refractivity contribution in [2.45, 2.75) is 50.6 Å². The van der Waals surface area contributed by atoms with Crippen molar-refractivity contribution in [3.05, 3.63) is 0 Å². The van der Waals surface area contributed by atoms with E-state index >= 15 is 0 Å². The van der Waals surface area contributed by atoms with Gasteiger partial charge in [0.2, 0.25) is 0 Å². The highest BCUT2D eigenvalue weighted by Gasteiger charge is 2.38. The Morgan fingerprint density at radius 2 is 1.94 bits per heavy atom. The van der Waals surface area contributed by atoms with Gasteiger partial charge in [-0.3, -0.25) is 0 Å². The van der Waals surface area contributed by atoms with Gasteiger partial charge in [-0.15, -0.1) is 0 Å². The molecule has 100 valence electrons. The lowest BCUT2D eigenvalue weighted by molar-refractivity contribution is 0.280. The Morgan fingerprint density at radius 3 is 2.47 bits per heavy atom. The molecule has 2 fully saturated rings. The molecular weight excluding hydrogens is 236 g/mol. The molecule has 1 saturated heterocycles. The Bertz CT molecular complexity index is 361. The average Bonchev–Trinajstić information content (AvgIpc) is 2.53. The van der Waals surface area contributed by atoms with Crippen LogP contribution >= 0.6 is 0 Å². The minimum Gasteiger partial charge on any atom is -0.328 e. The minimum absolute atomic E-state index is 0.196. The predicted molar refractivity (Wildman–Crippen MR) is 69.6 cm³/mol. The molecule has 0 aromatic rings. The highest BCUT2D eigenvalue weighted by atomic mass is 32.2. The van der Waals surface area contributed by atoms with E-state index in [1.807, 2.05) is 6.92 Å². The number of nitrogens with one attached hydrogen (secondary N) is 1. The molecule has 1 atom stereocenters. The van der Waals surface area contributed by atoms with Gasteiger partial charge in [-0.1, -0.05) is 0 Å². The zero-order chi connectivity index (χ0) is 12.5. The summed E-state index contributed by atoms with van der Waals surface area (Å²) in [4.78, 5) is 0. The lowest BCUT2D eigenvalue weighted by Gasteiger charge is -2.31. The fraction of sp³-hybridized carbons (Fsp3) is 1.00. The zero-order valence-corrected chi connectivity index (χ0v) is 11.4. The summed E-state index contributed by atoms with van der Waals surface area (Å²) in [6.07, 6.45) is 5.33. The smallest absolute Gasteiger partial charge is 0.152 e. The highest BCUT2D eigenvalue weighted by Crippen LogP contribution is 2.26. The summed E-state index contributed by atoms with van der Waals surface area (Å²) in [5.74, 6) is 1.31. The summed E-state index contributed by atoms with van der Waals surface area (Å²) in [5.41, 5.74) is 5.68. The van der Waals surface area contributed by atoms with Gasteiger partial charge in [0.05, 0.1) is 11.5 Å². The van der Waals surface area contributed by atoms with Crippen molar-refractivity contribution >= 4 is 9.84 Å². The molecule has 2 rings (SSSR count). The molecule has 3 N–H and O–H groups in total. The number of hydrogen-bond acceptors (Lipinski definition) is 4. The summed E-state index contributed by atoms with van der Waals surface area (Å²) in [5, 5.41) is 3.48. The van der Waals surface area contributed by atoms with Crippen LogP contribution in [0.5, 0.6) is 0 Å². The van der Waals surface area contributed by atoms with Crippen LogP contribution in [0.1, 0.15) is 39.0 Å². The van der Waals surface area contributed by atoms with Crippen LogP contribution in [-0.4, -0.2) is 38.0 Å². The molecule has 0 amide bonds. The first-order valence-corrected chi connectivity index (χ1v) is 8.42. The molecule has 17 heavy (non-hydrogen) atoms. The maximum atomic E-state index is 11.5. The molecule has 0 spiro atoms. The second-order valence-corrected chi connectivity index (χ2v) is 8.25. The first kappa shape index (κ1) is 13.3. The summed E-state index contributed by atoms with van der Waals surface area (Å²) in [6.45, 7) is 2.98. The van der Waals surface area contributed by atoms with Gasteiger partial charge in [-0.05, 0) is 51.5 Å². The first-order valence-electron chi connectivity index (χ1n) is 6.60. The summed E-state index contributed by atoms with van der Waals surface area (Å²) in [6, 6.07) is 0.383. The summed E-state index contributed by atoms with van der Waals surface area (Å²) < 4.78 is 23.0. The molecule has 0 bridgehead atoms. The molecule has 1 heterocycles. The molecule has 0 aromatic heterocycles. The third kappa shape index (κ3) is 3.66. The van der Waals surface area contributed by atoms with Crippen LogP contribution in [0.3, 0.4) is 0 Å². The molecule has 1 saturated carbocycles. The Labute approximate surface area is 104 Å². The first-order chi connectivity index (χ1) is 7.89. The largest absolute Gasteiger partial charge is 0.328 e. The second kappa shape index (κ2) is 4.86. The fourth-order valence-corrected chi connectivity index (χ4v) is 5.06. The van der Waals surface area contributed by atoms with E-state index in [0.29, 0.717) is 23.5 Å². The lowest BCUT2D eigenvalue weighted by atomic mass is 9.86. The molecule has 1 aliphatic heterocycles. The predicted octanol–water partition coefficient (Wildman–Crippen LogP) is 0.671. The van der Waals surface area contributed by atoms with E-state index in [2.05, 4.69) is 5.32 Å². The van der Waals surface area contributed by atoms with Gasteiger partial charge in [0.25, 0.3) is 0 Å². The minimum atomic E-state index is -2.80. The van der Waals surface area contributed by atoms with Gasteiger partial charge in [0.15, 0.2) is 9.84 Å². The molecule has 1 unspecified atom stereocenters. The van der Waals surface area contributed by atoms with Crippen molar-refractivity contribution in [2.24, 2.45) is 11.7 Å². The normalized spacial score (nSPS) is 41.5. The van der Waals surface area contributed by atoms with Crippen molar-refractivity contribution in [2.75, 3.05) is 18.1 Å². The van der Waals surface area contributed by atoms with Crippen LogP contribution in [0.15, 0.2) is 0 Å². The number of nitrogens with two attached hydrogens (primary N) is 1. The maximum absolute atomic E-state index is 11.5. The van der Waals surface area contributed by atoms with E-state index in [0.717, 1.165) is 25.8 Å². The van der Waals surface area contributed by atoms with Gasteiger partial charge < -0.3 is 11.1 Å². The van der Waals surface area contributed by atoms with Crippen molar-refractivity contribution in [1.29, 1.82) is 0 Å². The second-order valence-electron chi connectivity index (χ2n) is 6.06. The maximum Gasteiger partial charge on any atom is 0.152 e. The van der Waals surface area contributed by atoms with Crippen LogP contribution in [-0.2, 0) is 9.84 Å². The summed E-state index contributed by atoms with van der Waals surface area (Å²) in [7, 11) is -2.80. The molecular formula is C12H24N2O2S. The lowest BCUT2D eigenvalue weighted by Crippen LogP contribution is -2.46. The van der Waals surface area contributed by atoms with E-state index < -0.39 is 9.84 Å². The monoisotopic (exact) mass is 260 g/mol. The van der Waals surface area contributed by atoms with E-state index in [4.69, 9.17) is 5.73 Å². The van der Waals surface area contributed by atoms with E-state index in [-0.39, 0.29) is 5.54 Å². The Morgan fingerprint density at radius 1 is 1.29 bits per heavy atom. The van der Waals surface area contributed by atoms with Crippen LogP contribution in [0.4, 0.5) is 0 Å². The van der Waals surface area contributed by atoms with E-state index in [9.17, 15) is 8.42 Å². The standard InChI is InChI=1S/C12H24N2O2S/c1-12(6-7-17(15,16)9-12)14-8-10-2-4-11(13)5-3-10/h10-11,14H,2-9,13H2,1H3. The quantitative estimate of drug-likeness (QED) is 0.782. The number of rotatable bonds is 3.